The molecule has 110 valence electrons. The van der Waals surface area contributed by atoms with Crippen molar-refractivity contribution in [1.82, 2.24) is 4.72 Å². The first-order chi connectivity index (χ1) is 9.34. The highest BCUT2D eigenvalue weighted by molar-refractivity contribution is 7.90. The Labute approximate surface area is 116 Å². The van der Waals surface area contributed by atoms with E-state index in [1.165, 1.54) is 18.2 Å². The normalized spacial score (nSPS) is 11.1. The Bertz CT molecular complexity index is 596. The van der Waals surface area contributed by atoms with Crippen LogP contribution in [0.2, 0.25) is 0 Å². The van der Waals surface area contributed by atoms with Crippen molar-refractivity contribution in [3.63, 3.8) is 0 Å². The molecule has 0 saturated heterocycles. The van der Waals surface area contributed by atoms with E-state index in [1.807, 2.05) is 0 Å². The number of ether oxygens (including phenoxy) is 1. The Morgan fingerprint density at radius 1 is 1.35 bits per heavy atom. The molecule has 0 aliphatic heterocycles. The Kier molecular flexibility index (Phi) is 5.66. The zero-order valence-electron chi connectivity index (χ0n) is 10.8. The Hall–Kier alpha value is -1.93. The molecule has 0 spiro atoms. The molecule has 0 amide bonds. The lowest BCUT2D eigenvalue weighted by molar-refractivity contribution is -0.139. The lowest BCUT2D eigenvalue weighted by Crippen LogP contribution is -2.30. The van der Waals surface area contributed by atoms with Crippen molar-refractivity contribution in [2.24, 2.45) is 0 Å². The summed E-state index contributed by atoms with van der Waals surface area (Å²) in [6.45, 7) is 1.59. The quantitative estimate of drug-likeness (QED) is 0.704. The number of hydrogen-bond donors (Lipinski definition) is 2. The van der Waals surface area contributed by atoms with Crippen LogP contribution in [0.25, 0.3) is 0 Å². The lowest BCUT2D eigenvalue weighted by Gasteiger charge is -2.07. The second kappa shape index (κ2) is 7.01. The van der Waals surface area contributed by atoms with Gasteiger partial charge in [-0.15, -0.1) is 0 Å². The van der Waals surface area contributed by atoms with Crippen LogP contribution in [0.5, 0.6) is 0 Å². The molecule has 0 radical (unpaired) electrons. The first kappa shape index (κ1) is 16.1. The summed E-state index contributed by atoms with van der Waals surface area (Å²) in [7, 11) is -3.81. The summed E-state index contributed by atoms with van der Waals surface area (Å²) < 4.78 is 29.9. The van der Waals surface area contributed by atoms with Gasteiger partial charge in [0.2, 0.25) is 10.0 Å². The lowest BCUT2D eigenvalue weighted by atomic mass is 10.1. The summed E-state index contributed by atoms with van der Waals surface area (Å²) in [4.78, 5) is 21.9. The third-order valence-electron chi connectivity index (χ3n) is 2.28. The van der Waals surface area contributed by atoms with Crippen LogP contribution in [0, 0.1) is 0 Å². The van der Waals surface area contributed by atoms with E-state index in [0.717, 1.165) is 0 Å². The number of carboxylic acids is 1. The van der Waals surface area contributed by atoms with Crippen LogP contribution in [-0.2, 0) is 26.1 Å². The molecule has 1 aromatic rings. The monoisotopic (exact) mass is 301 g/mol. The van der Waals surface area contributed by atoms with Crippen LogP contribution in [0.3, 0.4) is 0 Å². The second-order valence-electron chi connectivity index (χ2n) is 3.89. The first-order valence-corrected chi connectivity index (χ1v) is 7.44. The van der Waals surface area contributed by atoms with Gasteiger partial charge in [-0.05, 0) is 24.6 Å². The minimum atomic E-state index is -3.81. The molecule has 0 heterocycles. The highest BCUT2D eigenvalue weighted by Crippen LogP contribution is 2.05. The molecule has 0 fully saturated rings. The van der Waals surface area contributed by atoms with E-state index in [2.05, 4.69) is 9.46 Å². The molecule has 2 N–H and O–H groups in total. The molecule has 1 aromatic carbocycles. The van der Waals surface area contributed by atoms with Gasteiger partial charge in [-0.1, -0.05) is 12.1 Å². The van der Waals surface area contributed by atoms with E-state index in [0.29, 0.717) is 5.56 Å². The maximum atomic E-state index is 11.6. The smallest absolute Gasteiger partial charge is 0.335 e. The summed E-state index contributed by atoms with van der Waals surface area (Å²) in [6, 6.07) is 5.85. The maximum Gasteiger partial charge on any atom is 0.335 e. The van der Waals surface area contributed by atoms with Gasteiger partial charge in [0.25, 0.3) is 0 Å². The highest BCUT2D eigenvalue weighted by Gasteiger charge is 2.17. The van der Waals surface area contributed by atoms with Crippen LogP contribution >= 0.6 is 0 Å². The van der Waals surface area contributed by atoms with Crippen LogP contribution in [0.15, 0.2) is 24.3 Å². The van der Waals surface area contributed by atoms with Gasteiger partial charge in [0.05, 0.1) is 12.2 Å². The highest BCUT2D eigenvalue weighted by atomic mass is 32.2. The molecule has 0 aromatic heterocycles. The number of sulfonamides is 1. The number of esters is 1. The summed E-state index contributed by atoms with van der Waals surface area (Å²) in [6.07, 6.45) is 0. The number of aromatic carboxylic acids is 1. The van der Waals surface area contributed by atoms with Crippen molar-refractivity contribution in [3.05, 3.63) is 35.4 Å². The predicted molar refractivity (Wildman–Crippen MR) is 70.7 cm³/mol. The van der Waals surface area contributed by atoms with Gasteiger partial charge in [0.1, 0.15) is 0 Å². The minimum absolute atomic E-state index is 0.0621. The van der Waals surface area contributed by atoms with E-state index in [-0.39, 0.29) is 18.7 Å². The largest absolute Gasteiger partial charge is 0.478 e. The fraction of sp³-hybridized carbons (Fsp3) is 0.333. The van der Waals surface area contributed by atoms with Crippen molar-refractivity contribution >= 4 is 22.0 Å². The SMILES string of the molecule is CCOC(=O)CS(=O)(=O)NCc1cccc(C(=O)O)c1. The topological polar surface area (TPSA) is 110 Å². The van der Waals surface area contributed by atoms with E-state index >= 15 is 0 Å². The summed E-state index contributed by atoms with van der Waals surface area (Å²) in [5, 5.41) is 8.82. The molecule has 1 rings (SSSR count). The molecule has 7 nitrogen and oxygen atoms in total. The molecule has 0 saturated carbocycles. The van der Waals surface area contributed by atoms with Gasteiger partial charge >= 0.3 is 11.9 Å². The van der Waals surface area contributed by atoms with Crippen LogP contribution in [-0.4, -0.2) is 37.8 Å². The summed E-state index contributed by atoms with van der Waals surface area (Å²) >= 11 is 0. The molecule has 20 heavy (non-hydrogen) atoms. The molecule has 0 unspecified atom stereocenters. The fourth-order valence-electron chi connectivity index (χ4n) is 1.42. The molecule has 0 aliphatic carbocycles. The number of rotatable bonds is 7. The molecule has 0 bridgehead atoms. The summed E-state index contributed by atoms with van der Waals surface area (Å²) in [5.41, 5.74) is 0.546. The Morgan fingerprint density at radius 2 is 2.05 bits per heavy atom. The van der Waals surface area contributed by atoms with Gasteiger partial charge < -0.3 is 9.84 Å². The third-order valence-corrected chi connectivity index (χ3v) is 3.48. The van der Waals surface area contributed by atoms with Crippen molar-refractivity contribution in [2.75, 3.05) is 12.4 Å². The Balaban J connectivity index is 2.64. The molecular weight excluding hydrogens is 286 g/mol. The van der Waals surface area contributed by atoms with Gasteiger partial charge in [-0.3, -0.25) is 4.79 Å². The third kappa shape index (κ3) is 5.37. The number of carbonyl (C=O) groups is 2. The van der Waals surface area contributed by atoms with Gasteiger partial charge in [-0.25, -0.2) is 17.9 Å². The molecular formula is C12H15NO6S. The number of hydrogen-bond acceptors (Lipinski definition) is 5. The number of benzene rings is 1. The molecule has 0 atom stereocenters. The van der Waals surface area contributed by atoms with Gasteiger partial charge in [-0.2, -0.15) is 0 Å². The van der Waals surface area contributed by atoms with Crippen molar-refractivity contribution in [3.8, 4) is 0 Å². The van der Waals surface area contributed by atoms with E-state index < -0.39 is 27.7 Å². The standard InChI is InChI=1S/C12H15NO6S/c1-2-19-11(14)8-20(17,18)13-7-9-4-3-5-10(6-9)12(15)16/h3-6,13H,2,7-8H2,1H3,(H,15,16). The van der Waals surface area contributed by atoms with Crippen molar-refractivity contribution in [2.45, 2.75) is 13.5 Å². The van der Waals surface area contributed by atoms with Crippen molar-refractivity contribution in [1.29, 1.82) is 0 Å². The Morgan fingerprint density at radius 3 is 2.65 bits per heavy atom. The number of nitrogens with one attached hydrogen (secondary N) is 1. The first-order valence-electron chi connectivity index (χ1n) is 5.79. The van der Waals surface area contributed by atoms with E-state index in [1.54, 1.807) is 13.0 Å². The summed E-state index contributed by atoms with van der Waals surface area (Å²) in [5.74, 6) is -2.69. The van der Waals surface area contributed by atoms with Crippen LogP contribution < -0.4 is 4.72 Å². The average Bonchev–Trinajstić information content (AvgIpc) is 2.36. The maximum absolute atomic E-state index is 11.6. The van der Waals surface area contributed by atoms with Crippen LogP contribution in [0.1, 0.15) is 22.8 Å². The number of carboxylic acid groups (broad SMARTS) is 1. The number of carbonyl (C=O) groups excluding carboxylic acids is 1. The fourth-order valence-corrected chi connectivity index (χ4v) is 2.30. The van der Waals surface area contributed by atoms with Gasteiger partial charge in [0, 0.05) is 6.54 Å². The van der Waals surface area contributed by atoms with Crippen molar-refractivity contribution < 1.29 is 27.9 Å². The second-order valence-corrected chi connectivity index (χ2v) is 5.70. The molecule has 8 heteroatoms. The van der Waals surface area contributed by atoms with E-state index in [4.69, 9.17) is 5.11 Å². The predicted octanol–water partition coefficient (Wildman–Crippen LogP) is 0.367. The molecule has 0 aliphatic rings. The average molecular weight is 301 g/mol. The minimum Gasteiger partial charge on any atom is -0.478 e. The van der Waals surface area contributed by atoms with Gasteiger partial charge in [0.15, 0.2) is 5.75 Å². The van der Waals surface area contributed by atoms with Crippen LogP contribution in [0.4, 0.5) is 0 Å². The van der Waals surface area contributed by atoms with E-state index in [9.17, 15) is 18.0 Å². The zero-order chi connectivity index (χ0) is 15.2. The zero-order valence-corrected chi connectivity index (χ0v) is 11.6.